The van der Waals surface area contributed by atoms with E-state index in [0.717, 1.165) is 29.1 Å². The third kappa shape index (κ3) is 3.73. The fourth-order valence-corrected chi connectivity index (χ4v) is 3.66. The number of hydrogen-bond donors (Lipinski definition) is 0. The standard InChI is InChI=1S/C12H9Cl2F3N2O3S/c1-19-11(23(2,20)21)9(14)10(18-19)22-6-3-4-7(8(13)5-6)12(15,16)17/h3-5H,1-2H3. The average Bonchev–Trinajstić information content (AvgIpc) is 2.62. The number of sulfone groups is 1. The lowest BCUT2D eigenvalue weighted by Gasteiger charge is -2.10. The molecule has 0 bridgehead atoms. The number of benzene rings is 1. The summed E-state index contributed by atoms with van der Waals surface area (Å²) < 4.78 is 67.3. The minimum atomic E-state index is -4.60. The van der Waals surface area contributed by atoms with Crippen molar-refractivity contribution in [3.05, 3.63) is 33.8 Å². The molecule has 1 aromatic carbocycles. The lowest BCUT2D eigenvalue weighted by Crippen LogP contribution is -2.05. The Labute approximate surface area is 139 Å². The maximum Gasteiger partial charge on any atom is 0.417 e. The summed E-state index contributed by atoms with van der Waals surface area (Å²) in [6.07, 6.45) is -3.66. The van der Waals surface area contributed by atoms with Gasteiger partial charge in [0.05, 0.1) is 10.6 Å². The number of aryl methyl sites for hydroxylation is 1. The predicted octanol–water partition coefficient (Wildman–Crippen LogP) is 3.94. The van der Waals surface area contributed by atoms with Gasteiger partial charge in [0.25, 0.3) is 5.88 Å². The third-order valence-corrected chi connectivity index (χ3v) is 4.66. The molecule has 126 valence electrons. The highest BCUT2D eigenvalue weighted by atomic mass is 35.5. The van der Waals surface area contributed by atoms with Crippen LogP contribution in [0.4, 0.5) is 13.2 Å². The van der Waals surface area contributed by atoms with Crippen LogP contribution in [0.15, 0.2) is 23.2 Å². The Morgan fingerprint density at radius 1 is 1.26 bits per heavy atom. The third-order valence-electron chi connectivity index (χ3n) is 2.72. The molecule has 0 amide bonds. The van der Waals surface area contributed by atoms with Gasteiger partial charge in [0.15, 0.2) is 14.9 Å². The van der Waals surface area contributed by atoms with Crippen LogP contribution in [-0.4, -0.2) is 24.5 Å². The van der Waals surface area contributed by atoms with E-state index in [1.807, 2.05) is 0 Å². The van der Waals surface area contributed by atoms with Crippen LogP contribution in [0.5, 0.6) is 11.6 Å². The van der Waals surface area contributed by atoms with Crippen molar-refractivity contribution in [2.45, 2.75) is 11.2 Å². The fourth-order valence-electron chi connectivity index (χ4n) is 1.83. The highest BCUT2D eigenvalue weighted by Gasteiger charge is 2.33. The molecule has 23 heavy (non-hydrogen) atoms. The lowest BCUT2D eigenvalue weighted by atomic mass is 10.2. The zero-order valence-corrected chi connectivity index (χ0v) is 14.0. The number of rotatable bonds is 3. The molecule has 1 heterocycles. The SMILES string of the molecule is Cn1nc(Oc2ccc(C(F)(F)F)c(Cl)c2)c(Cl)c1S(C)(=O)=O. The topological polar surface area (TPSA) is 61.2 Å². The number of ether oxygens (including phenoxy) is 1. The number of aromatic nitrogens is 2. The molecule has 0 unspecified atom stereocenters. The van der Waals surface area contributed by atoms with E-state index in [-0.39, 0.29) is 21.7 Å². The van der Waals surface area contributed by atoms with Crippen molar-refractivity contribution in [1.29, 1.82) is 0 Å². The van der Waals surface area contributed by atoms with E-state index in [2.05, 4.69) is 5.10 Å². The summed E-state index contributed by atoms with van der Waals surface area (Å²) in [4.78, 5) is 0. The van der Waals surface area contributed by atoms with Crippen LogP contribution < -0.4 is 4.74 Å². The van der Waals surface area contributed by atoms with Gasteiger partial charge in [-0.2, -0.15) is 13.2 Å². The molecule has 0 radical (unpaired) electrons. The van der Waals surface area contributed by atoms with Crippen LogP contribution in [0.1, 0.15) is 5.56 Å². The van der Waals surface area contributed by atoms with Crippen molar-refractivity contribution in [2.24, 2.45) is 7.05 Å². The van der Waals surface area contributed by atoms with Crippen molar-refractivity contribution in [3.63, 3.8) is 0 Å². The molecule has 2 aromatic rings. The monoisotopic (exact) mass is 388 g/mol. The second-order valence-electron chi connectivity index (χ2n) is 4.56. The zero-order chi connectivity index (χ0) is 17.6. The molecule has 2 rings (SSSR count). The summed E-state index contributed by atoms with van der Waals surface area (Å²) in [7, 11) is -2.31. The molecule has 1 aromatic heterocycles. The highest BCUT2D eigenvalue weighted by molar-refractivity contribution is 7.90. The lowest BCUT2D eigenvalue weighted by molar-refractivity contribution is -0.137. The van der Waals surface area contributed by atoms with Crippen LogP contribution in [-0.2, 0) is 23.1 Å². The molecule has 0 aliphatic rings. The highest BCUT2D eigenvalue weighted by Crippen LogP contribution is 2.38. The number of alkyl halides is 3. The predicted molar refractivity (Wildman–Crippen MR) is 77.9 cm³/mol. The number of halogens is 5. The Hall–Kier alpha value is -1.45. The molecular formula is C12H9Cl2F3N2O3S. The first-order valence-corrected chi connectivity index (χ1v) is 8.53. The van der Waals surface area contributed by atoms with E-state index in [1.54, 1.807) is 0 Å². The van der Waals surface area contributed by atoms with Crippen LogP contribution in [0.3, 0.4) is 0 Å². The first-order chi connectivity index (χ1) is 10.4. The van der Waals surface area contributed by atoms with Crippen LogP contribution in [0.25, 0.3) is 0 Å². The molecule has 0 saturated carbocycles. The normalized spacial score (nSPS) is 12.5. The largest absolute Gasteiger partial charge is 0.436 e. The van der Waals surface area contributed by atoms with E-state index in [0.29, 0.717) is 0 Å². The van der Waals surface area contributed by atoms with Gasteiger partial charge in [-0.3, -0.25) is 4.68 Å². The smallest absolute Gasteiger partial charge is 0.417 e. The molecule has 0 atom stereocenters. The molecule has 0 aliphatic heterocycles. The molecule has 0 aliphatic carbocycles. The molecule has 0 saturated heterocycles. The summed E-state index contributed by atoms with van der Waals surface area (Å²) in [5.74, 6) is -0.325. The molecule has 0 N–H and O–H groups in total. The minimum absolute atomic E-state index is 0.0666. The number of nitrogens with zero attached hydrogens (tertiary/aromatic N) is 2. The summed E-state index contributed by atoms with van der Waals surface area (Å²) >= 11 is 11.5. The summed E-state index contributed by atoms with van der Waals surface area (Å²) in [5, 5.41) is 2.68. The summed E-state index contributed by atoms with van der Waals surface area (Å²) in [5.41, 5.74) is -1.02. The minimum Gasteiger partial charge on any atom is -0.436 e. The van der Waals surface area contributed by atoms with Crippen molar-refractivity contribution >= 4 is 33.0 Å². The van der Waals surface area contributed by atoms with Gasteiger partial charge in [-0.15, -0.1) is 5.10 Å². The fraction of sp³-hybridized carbons (Fsp3) is 0.250. The van der Waals surface area contributed by atoms with Gasteiger partial charge < -0.3 is 4.74 Å². The molecule has 0 fully saturated rings. The Morgan fingerprint density at radius 2 is 1.87 bits per heavy atom. The van der Waals surface area contributed by atoms with Gasteiger partial charge in [-0.25, -0.2) is 8.42 Å². The van der Waals surface area contributed by atoms with Gasteiger partial charge >= 0.3 is 6.18 Å². The summed E-state index contributed by atoms with van der Waals surface area (Å²) in [6.45, 7) is 0. The van der Waals surface area contributed by atoms with Crippen LogP contribution in [0, 0.1) is 0 Å². The summed E-state index contributed by atoms with van der Waals surface area (Å²) in [6, 6.07) is 2.71. The zero-order valence-electron chi connectivity index (χ0n) is 11.6. The van der Waals surface area contributed by atoms with Crippen molar-refractivity contribution in [2.75, 3.05) is 6.26 Å². The van der Waals surface area contributed by atoms with Gasteiger partial charge in [0, 0.05) is 19.4 Å². The number of hydrogen-bond acceptors (Lipinski definition) is 4. The van der Waals surface area contributed by atoms with Crippen LogP contribution >= 0.6 is 23.2 Å². The maximum atomic E-state index is 12.6. The van der Waals surface area contributed by atoms with Crippen LogP contribution in [0.2, 0.25) is 10.0 Å². The molecule has 0 spiro atoms. The van der Waals surface area contributed by atoms with E-state index >= 15 is 0 Å². The Bertz CT molecular complexity index is 863. The molecule has 11 heteroatoms. The van der Waals surface area contributed by atoms with Crippen molar-refractivity contribution in [3.8, 4) is 11.6 Å². The quantitative estimate of drug-likeness (QED) is 0.798. The second kappa shape index (κ2) is 5.88. The molecular weight excluding hydrogens is 380 g/mol. The van der Waals surface area contributed by atoms with Crippen molar-refractivity contribution in [1.82, 2.24) is 9.78 Å². The maximum absolute atomic E-state index is 12.6. The van der Waals surface area contributed by atoms with Gasteiger partial charge in [0.2, 0.25) is 0 Å². The van der Waals surface area contributed by atoms with E-state index in [9.17, 15) is 21.6 Å². The average molecular weight is 389 g/mol. The van der Waals surface area contributed by atoms with Gasteiger partial charge in [0.1, 0.15) is 10.8 Å². The Morgan fingerprint density at radius 3 is 2.30 bits per heavy atom. The van der Waals surface area contributed by atoms with Gasteiger partial charge in [-0.05, 0) is 12.1 Å². The van der Waals surface area contributed by atoms with E-state index < -0.39 is 26.6 Å². The second-order valence-corrected chi connectivity index (χ2v) is 7.28. The van der Waals surface area contributed by atoms with E-state index in [1.165, 1.54) is 7.05 Å². The molecule has 5 nitrogen and oxygen atoms in total. The van der Waals surface area contributed by atoms with E-state index in [4.69, 9.17) is 27.9 Å². The Kier molecular flexibility index (Phi) is 4.57. The van der Waals surface area contributed by atoms with Crippen molar-refractivity contribution < 1.29 is 26.3 Å². The van der Waals surface area contributed by atoms with Gasteiger partial charge in [-0.1, -0.05) is 23.2 Å². The Balaban J connectivity index is 2.40. The first kappa shape index (κ1) is 17.9. The first-order valence-electron chi connectivity index (χ1n) is 5.88.